The summed E-state index contributed by atoms with van der Waals surface area (Å²) in [6.07, 6.45) is -5.88. The highest BCUT2D eigenvalue weighted by atomic mass is 127. The number of amides is 1. The number of nitrogens with one attached hydrogen (secondary N) is 1. The molecule has 0 heterocycles. The Labute approximate surface area is 103 Å². The minimum Gasteiger partial charge on any atom is -0.465 e. The molecule has 1 aromatic carbocycles. The zero-order valence-electron chi connectivity index (χ0n) is 8.02. The van der Waals surface area contributed by atoms with Gasteiger partial charge < -0.3 is 5.11 Å². The van der Waals surface area contributed by atoms with Crippen LogP contribution in [0.3, 0.4) is 0 Å². The van der Waals surface area contributed by atoms with E-state index in [1.807, 2.05) is 5.32 Å². The van der Waals surface area contributed by atoms with Crippen molar-refractivity contribution < 1.29 is 23.1 Å². The molecule has 16 heavy (non-hydrogen) atoms. The fourth-order valence-electron chi connectivity index (χ4n) is 1.19. The number of aryl methyl sites for hydroxylation is 1. The summed E-state index contributed by atoms with van der Waals surface area (Å²) < 4.78 is 38.0. The quantitative estimate of drug-likeness (QED) is 0.763. The molecule has 0 fully saturated rings. The fourth-order valence-corrected chi connectivity index (χ4v) is 1.95. The topological polar surface area (TPSA) is 49.3 Å². The Morgan fingerprint density at radius 3 is 2.44 bits per heavy atom. The van der Waals surface area contributed by atoms with Crippen LogP contribution in [-0.2, 0) is 6.18 Å². The first-order valence-electron chi connectivity index (χ1n) is 4.09. The van der Waals surface area contributed by atoms with E-state index in [9.17, 15) is 18.0 Å². The van der Waals surface area contributed by atoms with E-state index in [4.69, 9.17) is 5.11 Å². The Kier molecular flexibility index (Phi) is 3.66. The summed E-state index contributed by atoms with van der Waals surface area (Å²) in [5.74, 6) is 0. The molecule has 1 amide bonds. The Bertz CT molecular complexity index is 431. The number of halogens is 4. The molecule has 0 aliphatic carbocycles. The second-order valence-electron chi connectivity index (χ2n) is 3.07. The van der Waals surface area contributed by atoms with Crippen molar-refractivity contribution in [3.63, 3.8) is 0 Å². The second kappa shape index (κ2) is 4.48. The highest BCUT2D eigenvalue weighted by Gasteiger charge is 2.33. The van der Waals surface area contributed by atoms with Gasteiger partial charge in [0.15, 0.2) is 0 Å². The zero-order chi connectivity index (χ0) is 12.5. The number of carbonyl (C=O) groups is 1. The third-order valence-corrected chi connectivity index (χ3v) is 2.75. The third-order valence-electron chi connectivity index (χ3n) is 1.86. The molecule has 0 saturated heterocycles. The fraction of sp³-hybridized carbons (Fsp3) is 0.222. The van der Waals surface area contributed by atoms with Gasteiger partial charge in [0.1, 0.15) is 0 Å². The maximum atomic E-state index is 12.5. The number of rotatable bonds is 1. The minimum absolute atomic E-state index is 0.0628. The summed E-state index contributed by atoms with van der Waals surface area (Å²) in [6.45, 7) is 1.33. The van der Waals surface area contributed by atoms with Gasteiger partial charge in [-0.05, 0) is 47.2 Å². The Morgan fingerprint density at radius 1 is 1.44 bits per heavy atom. The van der Waals surface area contributed by atoms with Crippen molar-refractivity contribution in [2.75, 3.05) is 5.32 Å². The van der Waals surface area contributed by atoms with Gasteiger partial charge in [0.2, 0.25) is 0 Å². The summed E-state index contributed by atoms with van der Waals surface area (Å²) in [5, 5.41) is 10.4. The predicted molar refractivity (Wildman–Crippen MR) is 60.5 cm³/mol. The summed E-state index contributed by atoms with van der Waals surface area (Å²) in [7, 11) is 0. The SMILES string of the molecule is Cc1cc(I)c(NC(=O)O)cc1C(F)(F)F. The number of anilines is 1. The van der Waals surface area contributed by atoms with Crippen molar-refractivity contribution >= 4 is 34.4 Å². The van der Waals surface area contributed by atoms with Crippen LogP contribution in [0.15, 0.2) is 12.1 Å². The van der Waals surface area contributed by atoms with E-state index in [-0.39, 0.29) is 11.3 Å². The van der Waals surface area contributed by atoms with Crippen molar-refractivity contribution in [2.24, 2.45) is 0 Å². The van der Waals surface area contributed by atoms with Gasteiger partial charge in [0.25, 0.3) is 0 Å². The average molecular weight is 345 g/mol. The number of benzene rings is 1. The standard InChI is InChI=1S/C9H7F3INO2/c1-4-2-6(13)7(14-8(15)16)3-5(4)9(10,11)12/h2-3,14H,1H3,(H,15,16). The molecule has 0 aromatic heterocycles. The van der Waals surface area contributed by atoms with Crippen molar-refractivity contribution in [3.8, 4) is 0 Å². The average Bonchev–Trinajstić information content (AvgIpc) is 2.06. The van der Waals surface area contributed by atoms with Crippen LogP contribution in [0.1, 0.15) is 11.1 Å². The van der Waals surface area contributed by atoms with E-state index in [1.54, 1.807) is 22.6 Å². The van der Waals surface area contributed by atoms with Crippen LogP contribution in [-0.4, -0.2) is 11.2 Å². The molecule has 0 saturated carbocycles. The van der Waals surface area contributed by atoms with Crippen molar-refractivity contribution in [3.05, 3.63) is 26.8 Å². The smallest absolute Gasteiger partial charge is 0.416 e. The van der Waals surface area contributed by atoms with E-state index in [2.05, 4.69) is 0 Å². The first kappa shape index (κ1) is 13.1. The number of hydrogen-bond acceptors (Lipinski definition) is 1. The van der Waals surface area contributed by atoms with E-state index >= 15 is 0 Å². The summed E-state index contributed by atoms with van der Waals surface area (Å²) in [6, 6.07) is 2.08. The first-order valence-corrected chi connectivity index (χ1v) is 5.17. The number of hydrogen-bond donors (Lipinski definition) is 2. The molecule has 0 aliphatic heterocycles. The van der Waals surface area contributed by atoms with E-state index in [1.165, 1.54) is 13.0 Å². The molecule has 88 valence electrons. The summed E-state index contributed by atoms with van der Waals surface area (Å²) in [4.78, 5) is 10.4. The molecule has 0 atom stereocenters. The van der Waals surface area contributed by atoms with E-state index in [0.29, 0.717) is 3.57 Å². The normalized spacial score (nSPS) is 11.3. The van der Waals surface area contributed by atoms with Crippen molar-refractivity contribution in [1.82, 2.24) is 0 Å². The van der Waals surface area contributed by atoms with Crippen LogP contribution < -0.4 is 5.32 Å². The zero-order valence-corrected chi connectivity index (χ0v) is 10.2. The molecule has 0 radical (unpaired) electrons. The molecule has 0 bridgehead atoms. The third kappa shape index (κ3) is 3.00. The Balaban J connectivity index is 3.27. The molecular weight excluding hydrogens is 338 g/mol. The van der Waals surface area contributed by atoms with E-state index < -0.39 is 17.8 Å². The van der Waals surface area contributed by atoms with Gasteiger partial charge in [0.05, 0.1) is 11.3 Å². The highest BCUT2D eigenvalue weighted by Crippen LogP contribution is 2.35. The number of carboxylic acid groups (broad SMARTS) is 1. The molecule has 7 heteroatoms. The molecule has 0 aliphatic rings. The molecule has 1 rings (SSSR count). The lowest BCUT2D eigenvalue weighted by Gasteiger charge is -2.13. The van der Waals surface area contributed by atoms with Gasteiger partial charge in [-0.15, -0.1) is 0 Å². The molecule has 0 spiro atoms. The largest absolute Gasteiger partial charge is 0.465 e. The second-order valence-corrected chi connectivity index (χ2v) is 4.24. The van der Waals surface area contributed by atoms with Crippen LogP contribution in [0.2, 0.25) is 0 Å². The van der Waals surface area contributed by atoms with Gasteiger partial charge in [-0.3, -0.25) is 5.32 Å². The van der Waals surface area contributed by atoms with E-state index in [0.717, 1.165) is 6.07 Å². The summed E-state index contributed by atoms with van der Waals surface area (Å²) >= 11 is 1.77. The monoisotopic (exact) mass is 345 g/mol. The van der Waals surface area contributed by atoms with Gasteiger partial charge in [-0.2, -0.15) is 13.2 Å². The molecule has 1 aromatic rings. The lowest BCUT2D eigenvalue weighted by atomic mass is 10.1. The number of alkyl halides is 3. The van der Waals surface area contributed by atoms with Crippen LogP contribution in [0, 0.1) is 10.5 Å². The maximum absolute atomic E-state index is 12.5. The lowest BCUT2D eigenvalue weighted by Crippen LogP contribution is -2.13. The lowest BCUT2D eigenvalue weighted by molar-refractivity contribution is -0.138. The Morgan fingerprint density at radius 2 is 2.00 bits per heavy atom. The van der Waals surface area contributed by atoms with Crippen LogP contribution in [0.25, 0.3) is 0 Å². The maximum Gasteiger partial charge on any atom is 0.416 e. The van der Waals surface area contributed by atoms with Crippen LogP contribution in [0.4, 0.5) is 23.7 Å². The molecule has 3 nitrogen and oxygen atoms in total. The van der Waals surface area contributed by atoms with Gasteiger partial charge in [-0.1, -0.05) is 0 Å². The van der Waals surface area contributed by atoms with Gasteiger partial charge in [0, 0.05) is 3.57 Å². The molecule has 0 unspecified atom stereocenters. The van der Waals surface area contributed by atoms with Gasteiger partial charge >= 0.3 is 12.3 Å². The van der Waals surface area contributed by atoms with Crippen LogP contribution >= 0.6 is 22.6 Å². The first-order chi connectivity index (χ1) is 7.21. The molecule has 2 N–H and O–H groups in total. The van der Waals surface area contributed by atoms with Crippen molar-refractivity contribution in [1.29, 1.82) is 0 Å². The van der Waals surface area contributed by atoms with Crippen molar-refractivity contribution in [2.45, 2.75) is 13.1 Å². The highest BCUT2D eigenvalue weighted by molar-refractivity contribution is 14.1. The Hall–Kier alpha value is -0.990. The molecular formula is C9H7F3INO2. The predicted octanol–water partition coefficient (Wildman–Crippen LogP) is 3.71. The summed E-state index contributed by atoms with van der Waals surface area (Å²) in [5.41, 5.74) is -0.837. The van der Waals surface area contributed by atoms with Gasteiger partial charge in [-0.25, -0.2) is 4.79 Å². The van der Waals surface area contributed by atoms with Crippen LogP contribution in [0.5, 0.6) is 0 Å². The minimum atomic E-state index is -4.48.